The Morgan fingerprint density at radius 2 is 0.613 bits per heavy atom. The zero-order chi connectivity index (χ0) is 66.8. The molecule has 0 saturated carbocycles. The Hall–Kier alpha value is -5.15. The summed E-state index contributed by atoms with van der Waals surface area (Å²) in [6.45, 7) is 26.1. The molecule has 6 aromatic carbocycles. The highest BCUT2D eigenvalue weighted by Crippen LogP contribution is 2.54. The summed E-state index contributed by atoms with van der Waals surface area (Å²) in [4.78, 5) is 2.55. The van der Waals surface area contributed by atoms with E-state index < -0.39 is 27.8 Å². The summed E-state index contributed by atoms with van der Waals surface area (Å²) in [5, 5.41) is 2.22. The van der Waals surface area contributed by atoms with Crippen molar-refractivity contribution in [3.05, 3.63) is 118 Å². The van der Waals surface area contributed by atoms with Crippen LogP contribution in [0.1, 0.15) is 261 Å². The molecule has 0 amide bonds. The molecule has 0 atom stereocenters. The first kappa shape index (κ1) is 75.2. The SMILES string of the molecule is CCCCCCCCOc1cc2c(cc1C)S(=O)(=O)c1cc(C)c(OCCCCCCCC)cc1-2.CCCCCCCCOc1cc2c(cc1C)S(=O)c1cc(C)c(OCCCCCCCC)cc1-2.CCCCCCCCP1(=O)c2cc(C)ccc2-c2ccc(C)cc21. The smallest absolute Gasteiger partial charge is 0.207 e. The van der Waals surface area contributed by atoms with Gasteiger partial charge in [-0.1, -0.05) is 231 Å². The molecule has 0 aromatic heterocycles. The summed E-state index contributed by atoms with van der Waals surface area (Å²) >= 11 is 0. The van der Waals surface area contributed by atoms with Crippen molar-refractivity contribution in [3.63, 3.8) is 0 Å². The van der Waals surface area contributed by atoms with E-state index in [0.29, 0.717) is 23.0 Å². The molecule has 93 heavy (non-hydrogen) atoms. The molecule has 6 aromatic rings. The molecule has 0 unspecified atom stereocenters. The van der Waals surface area contributed by atoms with E-state index in [1.165, 1.54) is 183 Å². The lowest BCUT2D eigenvalue weighted by molar-refractivity contribution is 0.302. The van der Waals surface area contributed by atoms with Crippen molar-refractivity contribution in [1.82, 2.24) is 0 Å². The first-order valence-corrected chi connectivity index (χ1v) is 41.1. The number of aryl methyl sites for hydroxylation is 6. The highest BCUT2D eigenvalue weighted by molar-refractivity contribution is 7.92. The van der Waals surface area contributed by atoms with Crippen molar-refractivity contribution in [2.24, 2.45) is 0 Å². The van der Waals surface area contributed by atoms with Crippen LogP contribution in [0.2, 0.25) is 0 Å². The number of ether oxygens (including phenoxy) is 4. The van der Waals surface area contributed by atoms with Gasteiger partial charge in [-0.2, -0.15) is 0 Å². The van der Waals surface area contributed by atoms with E-state index in [0.717, 1.165) is 139 Å². The molecular weight excluding hydrogens is 1210 g/mol. The average molecular weight is 1330 g/mol. The van der Waals surface area contributed by atoms with Gasteiger partial charge in [-0.25, -0.2) is 12.6 Å². The molecule has 0 bridgehead atoms. The number of hydrogen-bond acceptors (Lipinski definition) is 8. The molecule has 3 aliphatic heterocycles. The molecule has 0 saturated heterocycles. The van der Waals surface area contributed by atoms with Crippen LogP contribution in [-0.2, 0) is 25.2 Å². The van der Waals surface area contributed by atoms with Crippen LogP contribution >= 0.6 is 7.14 Å². The molecule has 11 heteroatoms. The number of rotatable bonds is 39. The summed E-state index contributed by atoms with van der Waals surface area (Å²) in [7, 11) is -7.14. The maximum Gasteiger partial charge on any atom is 0.207 e. The van der Waals surface area contributed by atoms with E-state index in [4.69, 9.17) is 18.9 Å². The van der Waals surface area contributed by atoms with Crippen molar-refractivity contribution in [2.45, 2.75) is 288 Å². The van der Waals surface area contributed by atoms with Crippen LogP contribution in [-0.4, -0.2) is 45.2 Å². The van der Waals surface area contributed by atoms with Gasteiger partial charge in [0.05, 0.1) is 56.8 Å². The Morgan fingerprint density at radius 3 is 0.935 bits per heavy atom. The minimum absolute atomic E-state index is 0.379. The largest absolute Gasteiger partial charge is 0.493 e. The third-order valence-corrected chi connectivity index (χ3v) is 25.4. The van der Waals surface area contributed by atoms with Crippen molar-refractivity contribution in [1.29, 1.82) is 0 Å². The summed E-state index contributed by atoms with van der Waals surface area (Å²) in [5.74, 6) is 3.37. The van der Waals surface area contributed by atoms with Crippen LogP contribution in [0.5, 0.6) is 23.0 Å². The van der Waals surface area contributed by atoms with Crippen LogP contribution < -0.4 is 29.6 Å². The minimum atomic E-state index is -3.53. The standard InChI is InChI=1S/C30H44O4S.C30H44O3S.C22H29OP/c1-5-7-9-11-13-15-17-33-27-21-25-26-22-28(34-18-16-14-12-10-8-6-2)24(4)20-30(26)35(31,32)29(25)19-23(27)3;1-5-7-9-11-13-15-17-32-27-21-25-26-22-28(33-18-16-14-12-10-8-6-2)24(4)20-30(26)34(31)29(25)19-23(27)3;1-4-5-6-7-8-9-14-24(23)21-15-17(2)10-12-19(21)20-13-11-18(3)16-22(20)24/h19-22H,5-18H2,1-4H3;19-22H,5-18H2,1-4H3;10-13,15-16H,4-9,14H2,1-3H3. The molecule has 0 radical (unpaired) electrons. The maximum absolute atomic E-state index is 14.1. The zero-order valence-electron chi connectivity index (χ0n) is 59.4. The van der Waals surface area contributed by atoms with Gasteiger partial charge in [0.1, 0.15) is 30.1 Å². The predicted molar refractivity (Wildman–Crippen MR) is 395 cm³/mol. The Kier molecular flexibility index (Phi) is 31.2. The van der Waals surface area contributed by atoms with E-state index in [-0.39, 0.29) is 0 Å². The normalized spacial score (nSPS) is 13.4. The Balaban J connectivity index is 0.000000201. The molecular formula is C82H117O8PS2. The van der Waals surface area contributed by atoms with Gasteiger partial charge in [-0.05, 0) is 168 Å². The number of benzene rings is 6. The summed E-state index contributed by atoms with van der Waals surface area (Å²) < 4.78 is 78.4. The molecule has 0 fully saturated rings. The van der Waals surface area contributed by atoms with Gasteiger partial charge in [0.2, 0.25) is 9.84 Å². The topological polar surface area (TPSA) is 105 Å². The van der Waals surface area contributed by atoms with Gasteiger partial charge in [0.25, 0.3) is 0 Å². The summed E-state index contributed by atoms with van der Waals surface area (Å²) in [6, 6.07) is 28.6. The number of hydrogen-bond donors (Lipinski definition) is 0. The number of unbranched alkanes of at least 4 members (excludes halogenated alkanes) is 25. The molecule has 0 spiro atoms. The fourth-order valence-electron chi connectivity index (χ4n) is 13.2. The average Bonchev–Trinajstić information content (AvgIpc) is 1.59. The maximum atomic E-state index is 14.1. The molecule has 0 aliphatic carbocycles. The van der Waals surface area contributed by atoms with Crippen molar-refractivity contribution in [2.75, 3.05) is 32.6 Å². The molecule has 9 rings (SSSR count). The first-order valence-electron chi connectivity index (χ1n) is 36.6. The highest BCUT2D eigenvalue weighted by Gasteiger charge is 2.39. The minimum Gasteiger partial charge on any atom is -0.493 e. The predicted octanol–water partition coefficient (Wildman–Crippen LogP) is 23.5. The van der Waals surface area contributed by atoms with E-state index in [9.17, 15) is 17.2 Å². The second-order valence-corrected chi connectivity index (χ2v) is 33.2. The van der Waals surface area contributed by atoms with Crippen LogP contribution in [0, 0.1) is 41.5 Å². The lowest BCUT2D eigenvalue weighted by atomic mass is 10.0. The van der Waals surface area contributed by atoms with Crippen LogP contribution in [0.4, 0.5) is 0 Å². The van der Waals surface area contributed by atoms with Gasteiger partial charge in [-0.15, -0.1) is 0 Å². The highest BCUT2D eigenvalue weighted by atomic mass is 32.2. The second kappa shape index (κ2) is 38.6. The van der Waals surface area contributed by atoms with Gasteiger partial charge < -0.3 is 23.5 Å². The van der Waals surface area contributed by atoms with Gasteiger partial charge in [-0.3, -0.25) is 0 Å². The van der Waals surface area contributed by atoms with Crippen molar-refractivity contribution in [3.8, 4) is 56.4 Å². The Bertz CT molecular complexity index is 3320. The van der Waals surface area contributed by atoms with E-state index in [2.05, 4.69) is 111 Å². The van der Waals surface area contributed by atoms with Crippen LogP contribution in [0.3, 0.4) is 0 Å². The Morgan fingerprint density at radius 1 is 0.333 bits per heavy atom. The number of sulfone groups is 1. The lowest BCUT2D eigenvalue weighted by Gasteiger charge is -2.16. The third kappa shape index (κ3) is 20.7. The van der Waals surface area contributed by atoms with Gasteiger partial charge in [0, 0.05) is 39.0 Å². The van der Waals surface area contributed by atoms with E-state index in [1.54, 1.807) is 12.1 Å². The summed E-state index contributed by atoms with van der Waals surface area (Å²) in [6.07, 6.45) is 37.8. The molecule has 0 N–H and O–H groups in total. The van der Waals surface area contributed by atoms with E-state index >= 15 is 0 Å². The van der Waals surface area contributed by atoms with Gasteiger partial charge in [0.15, 0.2) is 0 Å². The molecule has 3 heterocycles. The fourth-order valence-corrected chi connectivity index (χ4v) is 19.9. The monoisotopic (exact) mass is 1320 g/mol. The molecule has 8 nitrogen and oxygen atoms in total. The van der Waals surface area contributed by atoms with E-state index in [1.807, 2.05) is 38.1 Å². The van der Waals surface area contributed by atoms with Crippen LogP contribution in [0.25, 0.3) is 33.4 Å². The molecule has 3 aliphatic rings. The third-order valence-electron chi connectivity index (χ3n) is 18.9. The zero-order valence-corrected chi connectivity index (χ0v) is 61.9. The van der Waals surface area contributed by atoms with Crippen molar-refractivity contribution < 1.29 is 36.1 Å². The summed E-state index contributed by atoms with van der Waals surface area (Å²) in [5.41, 5.74) is 12.2. The number of fused-ring (bicyclic) bond motifs is 9. The van der Waals surface area contributed by atoms with Crippen molar-refractivity contribution >= 4 is 38.4 Å². The fraction of sp³-hybridized carbons (Fsp3) is 0.561. The quantitative estimate of drug-likeness (QED) is 0.0277. The molecule has 510 valence electrons. The van der Waals surface area contributed by atoms with Crippen LogP contribution in [0.15, 0.2) is 105 Å². The first-order chi connectivity index (χ1) is 45.0. The second-order valence-electron chi connectivity index (χ2n) is 27.0. The lowest BCUT2D eigenvalue weighted by Crippen LogP contribution is -2.14. The van der Waals surface area contributed by atoms with Gasteiger partial charge >= 0.3 is 0 Å². The Labute approximate surface area is 566 Å².